The molecule has 2 aromatic heterocycles. The molecule has 0 saturated heterocycles. The molecule has 4 rings (SSSR count). The number of nitrogens with zero attached hydrogens (tertiary/aromatic N) is 3. The summed E-state index contributed by atoms with van der Waals surface area (Å²) in [5, 5.41) is 9.09. The standard InChI is InChI=1S/C24H25ClN4/c1-16(2)13-14-26-22-15-21(18-7-5-4-6-8-18)27-24-23(17(3)28-29(22)24)19-9-11-20(25)12-10-19/h4-12,15-16,26H,13-14H2,1-3H3. The number of nitrogens with one attached hydrogen (secondary N) is 1. The Kier molecular flexibility index (Phi) is 5.54. The lowest BCUT2D eigenvalue weighted by Crippen LogP contribution is -2.10. The minimum atomic E-state index is 0.636. The van der Waals surface area contributed by atoms with Crippen LogP contribution in [0.4, 0.5) is 5.82 Å². The number of rotatable bonds is 6. The van der Waals surface area contributed by atoms with Crippen molar-refractivity contribution in [1.29, 1.82) is 0 Å². The average molecular weight is 405 g/mol. The summed E-state index contributed by atoms with van der Waals surface area (Å²) in [6.07, 6.45) is 1.09. The van der Waals surface area contributed by atoms with E-state index < -0.39 is 0 Å². The van der Waals surface area contributed by atoms with E-state index in [0.717, 1.165) is 57.5 Å². The van der Waals surface area contributed by atoms with E-state index in [1.54, 1.807) is 0 Å². The molecule has 0 spiro atoms. The van der Waals surface area contributed by atoms with Gasteiger partial charge in [0, 0.05) is 28.8 Å². The highest BCUT2D eigenvalue weighted by Gasteiger charge is 2.17. The average Bonchev–Trinajstić information content (AvgIpc) is 3.05. The lowest BCUT2D eigenvalue weighted by Gasteiger charge is -2.12. The van der Waals surface area contributed by atoms with Gasteiger partial charge in [-0.2, -0.15) is 9.61 Å². The van der Waals surface area contributed by atoms with Crippen LogP contribution in [0.1, 0.15) is 26.0 Å². The first kappa shape index (κ1) is 19.5. The zero-order valence-electron chi connectivity index (χ0n) is 17.0. The summed E-state index contributed by atoms with van der Waals surface area (Å²) < 4.78 is 1.92. The number of aromatic nitrogens is 3. The maximum absolute atomic E-state index is 6.10. The third kappa shape index (κ3) is 4.13. The molecule has 5 heteroatoms. The second-order valence-corrected chi connectivity index (χ2v) is 8.14. The quantitative estimate of drug-likeness (QED) is 0.399. The zero-order chi connectivity index (χ0) is 20.4. The van der Waals surface area contributed by atoms with Crippen LogP contribution in [0.15, 0.2) is 60.7 Å². The van der Waals surface area contributed by atoms with Crippen LogP contribution in [-0.2, 0) is 0 Å². The predicted molar refractivity (Wildman–Crippen MR) is 122 cm³/mol. The molecule has 0 saturated carbocycles. The van der Waals surface area contributed by atoms with E-state index in [4.69, 9.17) is 21.7 Å². The van der Waals surface area contributed by atoms with E-state index in [9.17, 15) is 0 Å². The molecule has 1 N–H and O–H groups in total. The van der Waals surface area contributed by atoms with Crippen molar-refractivity contribution in [3.8, 4) is 22.4 Å². The number of halogens is 1. The molecule has 2 aromatic carbocycles. The van der Waals surface area contributed by atoms with Crippen molar-refractivity contribution in [3.63, 3.8) is 0 Å². The summed E-state index contributed by atoms with van der Waals surface area (Å²) >= 11 is 6.10. The van der Waals surface area contributed by atoms with Crippen molar-refractivity contribution in [2.24, 2.45) is 5.92 Å². The summed E-state index contributed by atoms with van der Waals surface area (Å²) in [4.78, 5) is 5.00. The first-order chi connectivity index (χ1) is 14.0. The number of benzene rings is 2. The Morgan fingerprint density at radius 2 is 1.72 bits per heavy atom. The topological polar surface area (TPSA) is 42.2 Å². The Hall–Kier alpha value is -2.85. The van der Waals surface area contributed by atoms with Crippen LogP contribution in [0.3, 0.4) is 0 Å². The Morgan fingerprint density at radius 3 is 2.41 bits per heavy atom. The van der Waals surface area contributed by atoms with Crippen LogP contribution in [-0.4, -0.2) is 21.1 Å². The van der Waals surface area contributed by atoms with Gasteiger partial charge in [0.25, 0.3) is 0 Å². The molecule has 0 bridgehead atoms. The van der Waals surface area contributed by atoms with Crippen molar-refractivity contribution in [3.05, 3.63) is 71.4 Å². The van der Waals surface area contributed by atoms with Gasteiger partial charge in [0.2, 0.25) is 0 Å². The second-order valence-electron chi connectivity index (χ2n) is 7.70. The Morgan fingerprint density at radius 1 is 1.00 bits per heavy atom. The van der Waals surface area contributed by atoms with Gasteiger partial charge in [-0.25, -0.2) is 4.98 Å². The van der Waals surface area contributed by atoms with Crippen LogP contribution in [0.2, 0.25) is 5.02 Å². The lowest BCUT2D eigenvalue weighted by atomic mass is 10.1. The van der Waals surface area contributed by atoms with Crippen molar-refractivity contribution in [2.45, 2.75) is 27.2 Å². The highest BCUT2D eigenvalue weighted by molar-refractivity contribution is 6.30. The van der Waals surface area contributed by atoms with Gasteiger partial charge >= 0.3 is 0 Å². The summed E-state index contributed by atoms with van der Waals surface area (Å²) in [7, 11) is 0. The molecule has 0 fully saturated rings. The Labute approximate surface area is 176 Å². The SMILES string of the molecule is Cc1nn2c(NCCC(C)C)cc(-c3ccccc3)nc2c1-c1ccc(Cl)cc1. The number of fused-ring (bicyclic) bond motifs is 1. The highest BCUT2D eigenvalue weighted by atomic mass is 35.5. The summed E-state index contributed by atoms with van der Waals surface area (Å²) in [6, 6.07) is 20.2. The van der Waals surface area contributed by atoms with Gasteiger partial charge in [-0.1, -0.05) is 67.9 Å². The molecule has 148 valence electrons. The van der Waals surface area contributed by atoms with Gasteiger partial charge in [0.15, 0.2) is 5.65 Å². The fourth-order valence-electron chi connectivity index (χ4n) is 3.45. The fraction of sp³-hybridized carbons (Fsp3) is 0.250. The molecular weight excluding hydrogens is 380 g/mol. The molecule has 29 heavy (non-hydrogen) atoms. The number of hydrogen-bond acceptors (Lipinski definition) is 3. The molecule has 0 aliphatic heterocycles. The highest BCUT2D eigenvalue weighted by Crippen LogP contribution is 2.32. The van der Waals surface area contributed by atoms with Crippen LogP contribution in [0, 0.1) is 12.8 Å². The molecular formula is C24H25ClN4. The largest absolute Gasteiger partial charge is 0.370 e. The fourth-order valence-corrected chi connectivity index (χ4v) is 3.58. The molecule has 0 radical (unpaired) electrons. The summed E-state index contributed by atoms with van der Waals surface area (Å²) in [6.45, 7) is 7.38. The molecule has 4 aromatic rings. The van der Waals surface area contributed by atoms with E-state index in [0.29, 0.717) is 5.92 Å². The smallest absolute Gasteiger partial charge is 0.166 e. The van der Waals surface area contributed by atoms with E-state index in [-0.39, 0.29) is 0 Å². The molecule has 2 heterocycles. The number of anilines is 1. The number of aryl methyl sites for hydroxylation is 1. The maximum Gasteiger partial charge on any atom is 0.166 e. The number of hydrogen-bond donors (Lipinski definition) is 1. The van der Waals surface area contributed by atoms with Crippen molar-refractivity contribution < 1.29 is 0 Å². The Bertz CT molecular complexity index is 1120. The van der Waals surface area contributed by atoms with Crippen molar-refractivity contribution in [2.75, 3.05) is 11.9 Å². The first-order valence-corrected chi connectivity index (χ1v) is 10.4. The molecule has 0 aliphatic carbocycles. The van der Waals surface area contributed by atoms with Gasteiger partial charge < -0.3 is 5.32 Å². The normalized spacial score (nSPS) is 11.3. The van der Waals surface area contributed by atoms with E-state index in [1.807, 2.05) is 53.9 Å². The summed E-state index contributed by atoms with van der Waals surface area (Å²) in [5.74, 6) is 1.59. The van der Waals surface area contributed by atoms with E-state index in [1.165, 1.54) is 0 Å². The van der Waals surface area contributed by atoms with Gasteiger partial charge in [0.1, 0.15) is 5.82 Å². The monoisotopic (exact) mass is 404 g/mol. The minimum absolute atomic E-state index is 0.636. The Balaban J connectivity index is 1.89. The first-order valence-electron chi connectivity index (χ1n) is 9.98. The van der Waals surface area contributed by atoms with E-state index >= 15 is 0 Å². The summed E-state index contributed by atoms with van der Waals surface area (Å²) in [5.41, 5.74) is 5.90. The van der Waals surface area contributed by atoms with Gasteiger partial charge in [-0.3, -0.25) is 0 Å². The van der Waals surface area contributed by atoms with Gasteiger partial charge in [0.05, 0.1) is 11.4 Å². The molecule has 0 unspecified atom stereocenters. The zero-order valence-corrected chi connectivity index (χ0v) is 17.7. The minimum Gasteiger partial charge on any atom is -0.370 e. The van der Waals surface area contributed by atoms with Crippen LogP contribution in [0.25, 0.3) is 28.0 Å². The lowest BCUT2D eigenvalue weighted by molar-refractivity contribution is 0.606. The molecule has 0 aliphatic rings. The third-order valence-corrected chi connectivity index (χ3v) is 5.25. The van der Waals surface area contributed by atoms with Crippen molar-refractivity contribution in [1.82, 2.24) is 14.6 Å². The van der Waals surface area contributed by atoms with Crippen LogP contribution >= 0.6 is 11.6 Å². The van der Waals surface area contributed by atoms with Crippen LogP contribution in [0.5, 0.6) is 0 Å². The molecule has 0 amide bonds. The molecule has 0 atom stereocenters. The van der Waals surface area contributed by atoms with Gasteiger partial charge in [-0.05, 0) is 37.0 Å². The third-order valence-electron chi connectivity index (χ3n) is 4.99. The predicted octanol–water partition coefficient (Wildman–Crippen LogP) is 6.48. The second kappa shape index (κ2) is 8.26. The molecule has 4 nitrogen and oxygen atoms in total. The maximum atomic E-state index is 6.10. The van der Waals surface area contributed by atoms with E-state index in [2.05, 4.69) is 37.4 Å². The van der Waals surface area contributed by atoms with Gasteiger partial charge in [-0.15, -0.1) is 0 Å². The van der Waals surface area contributed by atoms with Crippen LogP contribution < -0.4 is 5.32 Å². The van der Waals surface area contributed by atoms with Crippen molar-refractivity contribution >= 4 is 23.1 Å².